The van der Waals surface area contributed by atoms with Crippen LogP contribution in [-0.4, -0.2) is 56.2 Å². The van der Waals surface area contributed by atoms with Crippen LogP contribution in [0.25, 0.3) is 0 Å². The Hall–Kier alpha value is -3.35. The van der Waals surface area contributed by atoms with Gasteiger partial charge in [0.1, 0.15) is 24.8 Å². The fourth-order valence-electron chi connectivity index (χ4n) is 3.25. The predicted molar refractivity (Wildman–Crippen MR) is 107 cm³/mol. The molecule has 1 aliphatic heterocycles. The standard InChI is InChI=1S/C19H22N4O8/c1-11(12-4-2-3-5-13(12)23(28)29)10-30-19(27)21-16-6-7-22(18(26)20-16)17-8-14(25)15(9-24)31-17/h2-7,11,14-15,17,24-25H,8-10H2,1H3,(H,20,21,26,27)/t11?,14-,15+,17+/m0/s1. The van der Waals surface area contributed by atoms with Crippen LogP contribution in [0.2, 0.25) is 0 Å². The zero-order valence-electron chi connectivity index (χ0n) is 16.6. The Balaban J connectivity index is 1.58. The molecule has 0 spiro atoms. The maximum Gasteiger partial charge on any atom is 0.412 e. The number of nitro groups is 1. The molecule has 1 aromatic heterocycles. The Labute approximate surface area is 176 Å². The molecule has 4 atom stereocenters. The highest BCUT2D eigenvalue weighted by molar-refractivity contribution is 5.83. The van der Waals surface area contributed by atoms with Gasteiger partial charge in [-0.25, -0.2) is 9.59 Å². The van der Waals surface area contributed by atoms with E-state index in [0.717, 1.165) is 4.57 Å². The number of carbonyl (C=O) groups is 1. The Morgan fingerprint density at radius 3 is 2.84 bits per heavy atom. The number of benzene rings is 1. The van der Waals surface area contributed by atoms with Crippen LogP contribution in [0.3, 0.4) is 0 Å². The van der Waals surface area contributed by atoms with Gasteiger partial charge in [0.05, 0.1) is 17.6 Å². The second-order valence-corrected chi connectivity index (χ2v) is 7.06. The van der Waals surface area contributed by atoms with Gasteiger partial charge in [-0.05, 0) is 6.07 Å². The molecule has 12 nitrogen and oxygen atoms in total. The maximum absolute atomic E-state index is 12.2. The molecule has 0 aliphatic carbocycles. The molecule has 1 amide bonds. The number of nitro benzene ring substituents is 1. The first kappa shape index (κ1) is 22.3. The van der Waals surface area contributed by atoms with E-state index in [1.165, 1.54) is 18.3 Å². The van der Waals surface area contributed by atoms with Gasteiger partial charge in [0.15, 0.2) is 0 Å². The van der Waals surface area contributed by atoms with Gasteiger partial charge in [-0.2, -0.15) is 4.98 Å². The number of hydrogen-bond donors (Lipinski definition) is 3. The van der Waals surface area contributed by atoms with Crippen LogP contribution in [0.4, 0.5) is 16.3 Å². The summed E-state index contributed by atoms with van der Waals surface area (Å²) in [6, 6.07) is 7.54. The summed E-state index contributed by atoms with van der Waals surface area (Å²) in [5.74, 6) is -0.486. The van der Waals surface area contributed by atoms with Crippen molar-refractivity contribution in [2.75, 3.05) is 18.5 Å². The molecular weight excluding hydrogens is 412 g/mol. The van der Waals surface area contributed by atoms with Gasteiger partial charge >= 0.3 is 11.8 Å². The van der Waals surface area contributed by atoms with Gasteiger partial charge in [-0.3, -0.25) is 20.0 Å². The second kappa shape index (κ2) is 9.64. The minimum Gasteiger partial charge on any atom is -0.449 e. The molecule has 12 heteroatoms. The van der Waals surface area contributed by atoms with E-state index in [1.54, 1.807) is 25.1 Å². The zero-order valence-corrected chi connectivity index (χ0v) is 16.6. The minimum absolute atomic E-state index is 0.0538. The molecule has 2 heterocycles. The number of anilines is 1. The van der Waals surface area contributed by atoms with Crippen molar-refractivity contribution in [1.82, 2.24) is 9.55 Å². The number of aromatic nitrogens is 2. The summed E-state index contributed by atoms with van der Waals surface area (Å²) in [6.07, 6.45) is -1.88. The molecule has 1 saturated heterocycles. The second-order valence-electron chi connectivity index (χ2n) is 7.06. The number of hydrogen-bond acceptors (Lipinski definition) is 9. The van der Waals surface area contributed by atoms with Crippen LogP contribution < -0.4 is 11.0 Å². The van der Waals surface area contributed by atoms with Crippen LogP contribution in [0.1, 0.15) is 31.1 Å². The summed E-state index contributed by atoms with van der Waals surface area (Å²) in [7, 11) is 0. The third-order valence-corrected chi connectivity index (χ3v) is 4.88. The molecule has 0 saturated carbocycles. The Bertz CT molecular complexity index is 1010. The van der Waals surface area contributed by atoms with Crippen molar-refractivity contribution in [3.63, 3.8) is 0 Å². The highest BCUT2D eigenvalue weighted by Gasteiger charge is 2.35. The lowest BCUT2D eigenvalue weighted by Crippen LogP contribution is -2.29. The zero-order chi connectivity index (χ0) is 22.5. The lowest BCUT2D eigenvalue weighted by Gasteiger charge is -2.15. The monoisotopic (exact) mass is 434 g/mol. The minimum atomic E-state index is -0.905. The largest absolute Gasteiger partial charge is 0.449 e. The van der Waals surface area contributed by atoms with E-state index in [-0.39, 0.29) is 31.1 Å². The van der Waals surface area contributed by atoms with Crippen molar-refractivity contribution in [2.45, 2.75) is 37.7 Å². The maximum atomic E-state index is 12.2. The highest BCUT2D eigenvalue weighted by Crippen LogP contribution is 2.28. The summed E-state index contributed by atoms with van der Waals surface area (Å²) >= 11 is 0. The Kier molecular flexibility index (Phi) is 6.95. The molecule has 1 fully saturated rings. The van der Waals surface area contributed by atoms with Gasteiger partial charge in [-0.1, -0.05) is 25.1 Å². The summed E-state index contributed by atoms with van der Waals surface area (Å²) in [5.41, 5.74) is -0.352. The molecule has 2 aromatic rings. The number of aliphatic hydroxyl groups is 2. The quantitative estimate of drug-likeness (QED) is 0.428. The number of ether oxygens (including phenoxy) is 2. The van der Waals surface area contributed by atoms with Gasteiger partial charge in [0.25, 0.3) is 5.69 Å². The van der Waals surface area contributed by atoms with Gasteiger partial charge in [0.2, 0.25) is 0 Å². The van der Waals surface area contributed by atoms with Crippen LogP contribution in [0, 0.1) is 10.1 Å². The van der Waals surface area contributed by atoms with Crippen LogP contribution in [0.5, 0.6) is 0 Å². The number of amides is 1. The third-order valence-electron chi connectivity index (χ3n) is 4.88. The third kappa shape index (κ3) is 5.23. The first-order chi connectivity index (χ1) is 14.8. The van der Waals surface area contributed by atoms with Crippen LogP contribution >= 0.6 is 0 Å². The van der Waals surface area contributed by atoms with E-state index < -0.39 is 41.1 Å². The molecule has 1 aromatic carbocycles. The molecule has 1 unspecified atom stereocenters. The molecule has 31 heavy (non-hydrogen) atoms. The van der Waals surface area contributed by atoms with Crippen molar-refractivity contribution in [3.8, 4) is 0 Å². The van der Waals surface area contributed by atoms with Crippen molar-refractivity contribution < 1.29 is 29.4 Å². The van der Waals surface area contributed by atoms with Gasteiger partial charge in [-0.15, -0.1) is 0 Å². The normalized spacial score (nSPS) is 21.5. The topological polar surface area (TPSA) is 166 Å². The van der Waals surface area contributed by atoms with Gasteiger partial charge < -0.3 is 19.7 Å². The molecule has 1 aliphatic rings. The van der Waals surface area contributed by atoms with Crippen LogP contribution in [-0.2, 0) is 9.47 Å². The number of nitrogens with zero attached hydrogens (tertiary/aromatic N) is 3. The molecule has 166 valence electrons. The summed E-state index contributed by atoms with van der Waals surface area (Å²) in [6.45, 7) is 1.19. The first-order valence-corrected chi connectivity index (χ1v) is 9.50. The number of aliphatic hydroxyl groups excluding tert-OH is 2. The van der Waals surface area contributed by atoms with Crippen LogP contribution in [0.15, 0.2) is 41.3 Å². The number of nitrogens with one attached hydrogen (secondary N) is 1. The fraction of sp³-hybridized carbons (Fsp3) is 0.421. The fourth-order valence-corrected chi connectivity index (χ4v) is 3.25. The Morgan fingerprint density at radius 1 is 1.45 bits per heavy atom. The number of rotatable bonds is 7. The summed E-state index contributed by atoms with van der Waals surface area (Å²) in [5, 5.41) is 32.4. The average Bonchev–Trinajstić information content (AvgIpc) is 3.12. The molecule has 0 radical (unpaired) electrons. The van der Waals surface area contributed by atoms with Gasteiger partial charge in [0, 0.05) is 30.2 Å². The number of para-hydroxylation sites is 1. The summed E-state index contributed by atoms with van der Waals surface area (Å²) in [4.78, 5) is 38.6. The number of carbonyl (C=O) groups excluding carboxylic acids is 1. The average molecular weight is 434 g/mol. The van der Waals surface area contributed by atoms with Crippen molar-refractivity contribution >= 4 is 17.6 Å². The lowest BCUT2D eigenvalue weighted by molar-refractivity contribution is -0.385. The predicted octanol–water partition coefficient (Wildman–Crippen LogP) is 1.14. The lowest BCUT2D eigenvalue weighted by atomic mass is 10.0. The molecule has 3 N–H and O–H groups in total. The van der Waals surface area contributed by atoms with E-state index in [2.05, 4.69) is 10.3 Å². The Morgan fingerprint density at radius 2 is 2.19 bits per heavy atom. The summed E-state index contributed by atoms with van der Waals surface area (Å²) < 4.78 is 11.7. The SMILES string of the molecule is CC(COC(=O)Nc1ccn([C@H]2C[C@H](O)[C@@H](CO)O2)c(=O)n1)c1ccccc1[N+](=O)[O-]. The van der Waals surface area contributed by atoms with Crippen molar-refractivity contribution in [3.05, 3.63) is 62.7 Å². The van der Waals surface area contributed by atoms with E-state index in [4.69, 9.17) is 14.6 Å². The smallest absolute Gasteiger partial charge is 0.412 e. The van der Waals surface area contributed by atoms with E-state index in [0.29, 0.717) is 5.56 Å². The van der Waals surface area contributed by atoms with E-state index in [9.17, 15) is 24.8 Å². The molecule has 3 rings (SSSR count). The first-order valence-electron chi connectivity index (χ1n) is 9.50. The van der Waals surface area contributed by atoms with Crippen molar-refractivity contribution in [2.24, 2.45) is 0 Å². The van der Waals surface area contributed by atoms with E-state index in [1.807, 2.05) is 0 Å². The van der Waals surface area contributed by atoms with E-state index >= 15 is 0 Å². The highest BCUT2D eigenvalue weighted by atomic mass is 16.6. The molecular formula is C19H22N4O8. The molecule has 0 bridgehead atoms. The van der Waals surface area contributed by atoms with Crippen molar-refractivity contribution in [1.29, 1.82) is 0 Å².